The van der Waals surface area contributed by atoms with E-state index in [1.165, 1.54) is 13.0 Å². The van der Waals surface area contributed by atoms with Gasteiger partial charge < -0.3 is 18.8 Å². The Kier molecular flexibility index (Phi) is 6.49. The lowest BCUT2D eigenvalue weighted by molar-refractivity contribution is -0.160. The summed E-state index contributed by atoms with van der Waals surface area (Å²) in [6, 6.07) is 2.09. The molecule has 0 atom stereocenters. The predicted molar refractivity (Wildman–Crippen MR) is 84.3 cm³/mol. The Bertz CT molecular complexity index is 764. The van der Waals surface area contributed by atoms with E-state index in [2.05, 4.69) is 4.18 Å². The molecule has 0 aromatic heterocycles. The van der Waals surface area contributed by atoms with Crippen molar-refractivity contribution in [3.05, 3.63) is 28.8 Å². The minimum Gasteiger partial charge on any atom is -0.478 e. The van der Waals surface area contributed by atoms with Gasteiger partial charge in [-0.05, 0) is 51.0 Å². The number of aromatic carboxylic acids is 1. The Morgan fingerprint density at radius 2 is 1.84 bits per heavy atom. The number of hydrogen-bond acceptors (Lipinski definition) is 7. The maximum absolute atomic E-state index is 12.7. The number of carbonyl (C=O) groups is 2. The van der Waals surface area contributed by atoms with Crippen molar-refractivity contribution in [1.82, 2.24) is 0 Å². The quantitative estimate of drug-likeness (QED) is 0.567. The van der Waals surface area contributed by atoms with Crippen LogP contribution in [0.1, 0.15) is 42.3 Å². The van der Waals surface area contributed by atoms with Crippen molar-refractivity contribution >= 4 is 22.4 Å². The van der Waals surface area contributed by atoms with E-state index in [1.807, 2.05) is 0 Å². The fourth-order valence-corrected chi connectivity index (χ4v) is 2.22. The molecule has 0 radical (unpaired) electrons. The third-order valence-electron chi connectivity index (χ3n) is 2.80. The Morgan fingerprint density at radius 1 is 1.24 bits per heavy atom. The minimum atomic E-state index is -5.32. The molecular formula is C15H19FO8S. The highest BCUT2D eigenvalue weighted by Crippen LogP contribution is 2.26. The van der Waals surface area contributed by atoms with Gasteiger partial charge in [0.1, 0.15) is 18.0 Å². The lowest BCUT2D eigenvalue weighted by Crippen LogP contribution is -2.26. The molecule has 0 aliphatic rings. The molecule has 1 N–H and O–H groups in total. The van der Waals surface area contributed by atoms with Crippen LogP contribution >= 0.6 is 0 Å². The number of ether oxygens (including phenoxy) is 2. The van der Waals surface area contributed by atoms with Gasteiger partial charge in [-0.3, -0.25) is 0 Å². The number of rotatable bonds is 7. The van der Waals surface area contributed by atoms with Crippen molar-refractivity contribution in [3.63, 3.8) is 0 Å². The molecule has 0 saturated carbocycles. The molecule has 140 valence electrons. The van der Waals surface area contributed by atoms with Gasteiger partial charge in [-0.1, -0.05) is 3.89 Å². The highest BCUT2D eigenvalue weighted by molar-refractivity contribution is 7.81. The molecule has 8 nitrogen and oxygen atoms in total. The van der Waals surface area contributed by atoms with Gasteiger partial charge in [0.15, 0.2) is 0 Å². The van der Waals surface area contributed by atoms with E-state index >= 15 is 0 Å². The summed E-state index contributed by atoms with van der Waals surface area (Å²) in [6.07, 6.45) is 0. The third kappa shape index (κ3) is 7.48. The number of halogens is 1. The topological polar surface area (TPSA) is 116 Å². The van der Waals surface area contributed by atoms with E-state index in [1.54, 1.807) is 20.8 Å². The van der Waals surface area contributed by atoms with Crippen molar-refractivity contribution < 1.29 is 40.7 Å². The summed E-state index contributed by atoms with van der Waals surface area (Å²) in [4.78, 5) is 22.7. The van der Waals surface area contributed by atoms with Crippen molar-refractivity contribution in [2.45, 2.75) is 39.9 Å². The maximum Gasteiger partial charge on any atom is 0.488 e. The number of benzene rings is 1. The van der Waals surface area contributed by atoms with Gasteiger partial charge in [-0.25, -0.2) is 9.59 Å². The molecule has 1 aromatic rings. The van der Waals surface area contributed by atoms with Crippen LogP contribution in [0.25, 0.3) is 0 Å². The van der Waals surface area contributed by atoms with Crippen LogP contribution in [-0.4, -0.2) is 37.7 Å². The highest BCUT2D eigenvalue weighted by Gasteiger charge is 2.19. The summed E-state index contributed by atoms with van der Waals surface area (Å²) in [5.74, 6) is -2.46. The van der Waals surface area contributed by atoms with E-state index < -0.39 is 40.4 Å². The van der Waals surface area contributed by atoms with Gasteiger partial charge in [0.25, 0.3) is 0 Å². The molecule has 0 heterocycles. The van der Waals surface area contributed by atoms with E-state index in [9.17, 15) is 21.9 Å². The average Bonchev–Trinajstić information content (AvgIpc) is 2.38. The summed E-state index contributed by atoms with van der Waals surface area (Å²) in [5.41, 5.74) is -0.617. The fraction of sp³-hybridized carbons (Fsp3) is 0.467. The summed E-state index contributed by atoms with van der Waals surface area (Å²) in [7, 11) is -5.32. The van der Waals surface area contributed by atoms with Crippen molar-refractivity contribution in [1.29, 1.82) is 0 Å². The number of carboxylic acid groups (broad SMARTS) is 1. The monoisotopic (exact) mass is 378 g/mol. The molecule has 0 aliphatic carbocycles. The second kappa shape index (κ2) is 7.79. The molecule has 0 saturated heterocycles. The van der Waals surface area contributed by atoms with Gasteiger partial charge >= 0.3 is 22.4 Å². The third-order valence-corrected chi connectivity index (χ3v) is 3.18. The first-order valence-electron chi connectivity index (χ1n) is 7.09. The van der Waals surface area contributed by atoms with Crippen molar-refractivity contribution in [2.75, 3.05) is 6.61 Å². The zero-order valence-corrected chi connectivity index (χ0v) is 15.0. The molecule has 1 aromatic carbocycles. The van der Waals surface area contributed by atoms with E-state index in [-0.39, 0.29) is 23.3 Å². The second-order valence-electron chi connectivity index (χ2n) is 6.12. The van der Waals surface area contributed by atoms with Crippen LogP contribution in [0.15, 0.2) is 12.1 Å². The fourth-order valence-electron chi connectivity index (χ4n) is 1.83. The maximum atomic E-state index is 12.7. The SMILES string of the molecule is Cc1c(COCC(=O)OC(C)(C)C)cc(C(=O)O)cc1OS(=O)(=O)F. The molecule has 0 aliphatic heterocycles. The molecule has 0 unspecified atom stereocenters. The van der Waals surface area contributed by atoms with Crippen LogP contribution in [0.2, 0.25) is 0 Å². The smallest absolute Gasteiger partial charge is 0.478 e. The Morgan fingerprint density at radius 3 is 2.32 bits per heavy atom. The van der Waals surface area contributed by atoms with Crippen LogP contribution in [-0.2, 0) is 31.4 Å². The second-order valence-corrected chi connectivity index (χ2v) is 7.07. The van der Waals surface area contributed by atoms with E-state index in [4.69, 9.17) is 14.6 Å². The standard InChI is InChI=1S/C15H19FO8S/c1-9-11(7-22-8-13(17)23-15(2,3)4)5-10(14(18)19)6-12(9)24-25(16,20)21/h5-6H,7-8H2,1-4H3,(H,18,19). The molecule has 10 heteroatoms. The molecule has 25 heavy (non-hydrogen) atoms. The van der Waals surface area contributed by atoms with Gasteiger partial charge in [0.2, 0.25) is 0 Å². The number of carbonyl (C=O) groups excluding carboxylic acids is 1. The lowest BCUT2D eigenvalue weighted by Gasteiger charge is -2.19. The van der Waals surface area contributed by atoms with E-state index in [0.29, 0.717) is 0 Å². The van der Waals surface area contributed by atoms with Crippen LogP contribution in [0.3, 0.4) is 0 Å². The summed E-state index contributed by atoms with van der Waals surface area (Å²) < 4.78 is 48.4. The molecule has 0 bridgehead atoms. The van der Waals surface area contributed by atoms with Crippen molar-refractivity contribution in [2.24, 2.45) is 0 Å². The number of hydrogen-bond donors (Lipinski definition) is 1. The molecule has 0 amide bonds. The van der Waals surface area contributed by atoms with Gasteiger partial charge in [-0.15, -0.1) is 0 Å². The molecular weight excluding hydrogens is 359 g/mol. The van der Waals surface area contributed by atoms with Gasteiger partial charge in [-0.2, -0.15) is 8.42 Å². The summed E-state index contributed by atoms with van der Waals surface area (Å²) in [5, 5.41) is 9.05. The molecule has 1 rings (SSSR count). The van der Waals surface area contributed by atoms with Crippen molar-refractivity contribution in [3.8, 4) is 5.75 Å². The normalized spacial score (nSPS) is 11.9. The first kappa shape index (κ1) is 20.8. The lowest BCUT2D eigenvalue weighted by atomic mass is 10.0. The van der Waals surface area contributed by atoms with Gasteiger partial charge in [0.05, 0.1) is 12.2 Å². The summed E-state index contributed by atoms with van der Waals surface area (Å²) >= 11 is 0. The average molecular weight is 378 g/mol. The van der Waals surface area contributed by atoms with Gasteiger partial charge in [0, 0.05) is 0 Å². The van der Waals surface area contributed by atoms with Crippen LogP contribution in [0, 0.1) is 6.92 Å². The Hall–Kier alpha value is -2.20. The van der Waals surface area contributed by atoms with Crippen LogP contribution < -0.4 is 4.18 Å². The minimum absolute atomic E-state index is 0.162. The Balaban J connectivity index is 2.95. The first-order chi connectivity index (χ1) is 11.3. The largest absolute Gasteiger partial charge is 0.488 e. The van der Waals surface area contributed by atoms with Crippen LogP contribution in [0.5, 0.6) is 5.75 Å². The highest BCUT2D eigenvalue weighted by atomic mass is 32.3. The zero-order chi connectivity index (χ0) is 19.4. The Labute approximate surface area is 144 Å². The van der Waals surface area contributed by atoms with Crippen LogP contribution in [0.4, 0.5) is 3.89 Å². The predicted octanol–water partition coefficient (Wildman–Crippen LogP) is 2.14. The number of carboxylic acids is 1. The molecule has 0 spiro atoms. The van der Waals surface area contributed by atoms with E-state index in [0.717, 1.165) is 6.07 Å². The number of esters is 1. The zero-order valence-electron chi connectivity index (χ0n) is 14.2. The summed E-state index contributed by atoms with van der Waals surface area (Å²) in [6.45, 7) is 5.84. The first-order valence-corrected chi connectivity index (χ1v) is 8.40. The molecule has 0 fully saturated rings.